The van der Waals surface area contributed by atoms with Gasteiger partial charge in [0.25, 0.3) is 5.91 Å². The van der Waals surface area contributed by atoms with E-state index in [0.717, 1.165) is 11.3 Å². The normalized spacial score (nSPS) is 9.96. The molecule has 2 aromatic carbocycles. The third-order valence-electron chi connectivity index (χ3n) is 3.70. The Morgan fingerprint density at radius 3 is 2.15 bits per heavy atom. The zero-order valence-corrected chi connectivity index (χ0v) is 15.0. The summed E-state index contributed by atoms with van der Waals surface area (Å²) in [5.41, 5.74) is 1.32. The molecule has 0 bridgehead atoms. The van der Waals surface area contributed by atoms with Crippen LogP contribution in [0, 0.1) is 0 Å². The molecule has 2 aromatic rings. The average Bonchev–Trinajstić information content (AvgIpc) is 2.70. The highest BCUT2D eigenvalue weighted by molar-refractivity contribution is 5.97. The second-order valence-corrected chi connectivity index (χ2v) is 5.38. The molecule has 138 valence electrons. The van der Waals surface area contributed by atoms with E-state index in [1.165, 1.54) is 14.2 Å². The molecule has 2 amide bonds. The molecule has 7 heteroatoms. The third-order valence-corrected chi connectivity index (χ3v) is 3.70. The number of methoxy groups -OCH3 is 3. The van der Waals surface area contributed by atoms with Crippen LogP contribution in [-0.4, -0.2) is 39.7 Å². The summed E-state index contributed by atoms with van der Waals surface area (Å²) in [6, 6.07) is 12.2. The van der Waals surface area contributed by atoms with Crippen LogP contribution < -0.4 is 24.8 Å². The van der Waals surface area contributed by atoms with E-state index in [2.05, 4.69) is 10.6 Å². The zero-order chi connectivity index (χ0) is 18.9. The maximum Gasteiger partial charge on any atom is 0.251 e. The highest BCUT2D eigenvalue weighted by Gasteiger charge is 2.11. The first-order chi connectivity index (χ1) is 12.6. The third kappa shape index (κ3) is 5.14. The summed E-state index contributed by atoms with van der Waals surface area (Å²) in [4.78, 5) is 24.1. The van der Waals surface area contributed by atoms with Gasteiger partial charge in [0.2, 0.25) is 5.91 Å². The molecule has 0 aliphatic carbocycles. The lowest BCUT2D eigenvalue weighted by Crippen LogP contribution is -2.36. The van der Waals surface area contributed by atoms with Gasteiger partial charge in [0.15, 0.2) is 11.5 Å². The first-order valence-electron chi connectivity index (χ1n) is 7.97. The molecule has 0 unspecified atom stereocenters. The molecule has 26 heavy (non-hydrogen) atoms. The van der Waals surface area contributed by atoms with Crippen LogP contribution in [-0.2, 0) is 11.3 Å². The van der Waals surface area contributed by atoms with E-state index in [-0.39, 0.29) is 18.4 Å². The van der Waals surface area contributed by atoms with Gasteiger partial charge in [0, 0.05) is 12.1 Å². The summed E-state index contributed by atoms with van der Waals surface area (Å²) in [7, 11) is 4.61. The van der Waals surface area contributed by atoms with E-state index in [0.29, 0.717) is 23.6 Å². The molecular weight excluding hydrogens is 336 g/mol. The molecule has 0 aliphatic heterocycles. The van der Waals surface area contributed by atoms with Crippen LogP contribution in [0.5, 0.6) is 17.2 Å². The van der Waals surface area contributed by atoms with Gasteiger partial charge in [-0.05, 0) is 35.9 Å². The molecular formula is C19H22N2O5. The number of hydrogen-bond acceptors (Lipinski definition) is 5. The van der Waals surface area contributed by atoms with E-state index in [4.69, 9.17) is 14.2 Å². The topological polar surface area (TPSA) is 85.9 Å². The standard InChI is InChI=1S/C19H22N2O5/c1-24-15-7-4-13(5-8-15)11-20-18(22)12-21-19(23)14-6-9-16(25-2)17(10-14)26-3/h4-10H,11-12H2,1-3H3,(H,20,22)(H,21,23). The van der Waals surface area contributed by atoms with Crippen LogP contribution in [0.3, 0.4) is 0 Å². The van der Waals surface area contributed by atoms with Crippen molar-refractivity contribution in [3.8, 4) is 17.2 Å². The molecule has 0 fully saturated rings. The Hall–Kier alpha value is -3.22. The molecule has 0 saturated heterocycles. The van der Waals surface area contributed by atoms with Crippen LogP contribution in [0.1, 0.15) is 15.9 Å². The first kappa shape index (κ1) is 19.1. The highest BCUT2D eigenvalue weighted by atomic mass is 16.5. The summed E-state index contributed by atoms with van der Waals surface area (Å²) in [5.74, 6) is 1.08. The van der Waals surface area contributed by atoms with Crippen molar-refractivity contribution in [2.75, 3.05) is 27.9 Å². The smallest absolute Gasteiger partial charge is 0.251 e. The minimum Gasteiger partial charge on any atom is -0.497 e. The number of ether oxygens (including phenoxy) is 3. The van der Waals surface area contributed by atoms with Gasteiger partial charge in [-0.1, -0.05) is 12.1 Å². The Morgan fingerprint density at radius 2 is 1.54 bits per heavy atom. The Kier molecular flexibility index (Phi) is 6.84. The fourth-order valence-corrected chi connectivity index (χ4v) is 2.25. The van der Waals surface area contributed by atoms with Gasteiger partial charge < -0.3 is 24.8 Å². The molecule has 7 nitrogen and oxygen atoms in total. The van der Waals surface area contributed by atoms with Crippen molar-refractivity contribution in [3.63, 3.8) is 0 Å². The molecule has 2 N–H and O–H groups in total. The summed E-state index contributed by atoms with van der Waals surface area (Å²) >= 11 is 0. The largest absolute Gasteiger partial charge is 0.497 e. The number of rotatable bonds is 8. The maximum absolute atomic E-state index is 12.2. The number of amides is 2. The van der Waals surface area contributed by atoms with Crippen LogP contribution >= 0.6 is 0 Å². The monoisotopic (exact) mass is 358 g/mol. The van der Waals surface area contributed by atoms with Crippen molar-refractivity contribution in [1.29, 1.82) is 0 Å². The van der Waals surface area contributed by atoms with Crippen molar-refractivity contribution in [2.24, 2.45) is 0 Å². The van der Waals surface area contributed by atoms with Crippen LogP contribution in [0.2, 0.25) is 0 Å². The Balaban J connectivity index is 1.83. The fourth-order valence-electron chi connectivity index (χ4n) is 2.25. The lowest BCUT2D eigenvalue weighted by molar-refractivity contribution is -0.120. The van der Waals surface area contributed by atoms with Gasteiger partial charge in [0.05, 0.1) is 27.9 Å². The molecule has 0 atom stereocenters. The Morgan fingerprint density at radius 1 is 0.846 bits per heavy atom. The Labute approximate surface area is 152 Å². The molecule has 0 spiro atoms. The van der Waals surface area contributed by atoms with Crippen molar-refractivity contribution in [3.05, 3.63) is 53.6 Å². The zero-order valence-electron chi connectivity index (χ0n) is 15.0. The second-order valence-electron chi connectivity index (χ2n) is 5.38. The Bertz CT molecular complexity index is 759. The molecule has 2 rings (SSSR count). The van der Waals surface area contributed by atoms with Gasteiger partial charge in [-0.15, -0.1) is 0 Å². The van der Waals surface area contributed by atoms with Gasteiger partial charge in [-0.25, -0.2) is 0 Å². The summed E-state index contributed by atoms with van der Waals surface area (Å²) in [6.45, 7) is 0.248. The minimum absolute atomic E-state index is 0.122. The van der Waals surface area contributed by atoms with Crippen molar-refractivity contribution in [1.82, 2.24) is 10.6 Å². The molecule has 0 aromatic heterocycles. The van der Waals surface area contributed by atoms with Crippen molar-refractivity contribution < 1.29 is 23.8 Å². The number of nitrogens with one attached hydrogen (secondary N) is 2. The summed E-state index contributed by atoms with van der Waals surface area (Å²) < 4.78 is 15.4. The van der Waals surface area contributed by atoms with E-state index in [1.807, 2.05) is 24.3 Å². The molecule has 0 heterocycles. The number of carbonyl (C=O) groups is 2. The molecule has 0 radical (unpaired) electrons. The quantitative estimate of drug-likeness (QED) is 0.751. The van der Waals surface area contributed by atoms with Crippen LogP contribution in [0.15, 0.2) is 42.5 Å². The van der Waals surface area contributed by atoms with E-state index < -0.39 is 0 Å². The number of benzene rings is 2. The van der Waals surface area contributed by atoms with Crippen molar-refractivity contribution >= 4 is 11.8 Å². The predicted octanol–water partition coefficient (Wildman–Crippen LogP) is 1.76. The van der Waals surface area contributed by atoms with E-state index in [1.54, 1.807) is 25.3 Å². The summed E-state index contributed by atoms with van der Waals surface area (Å²) in [6.07, 6.45) is 0. The lowest BCUT2D eigenvalue weighted by atomic mass is 10.2. The first-order valence-corrected chi connectivity index (χ1v) is 7.97. The predicted molar refractivity (Wildman–Crippen MR) is 96.7 cm³/mol. The molecule has 0 aliphatic rings. The van der Waals surface area contributed by atoms with Gasteiger partial charge in [-0.3, -0.25) is 9.59 Å². The minimum atomic E-state index is -0.370. The SMILES string of the molecule is COc1ccc(CNC(=O)CNC(=O)c2ccc(OC)c(OC)c2)cc1. The van der Waals surface area contributed by atoms with Crippen LogP contribution in [0.25, 0.3) is 0 Å². The molecule has 0 saturated carbocycles. The average molecular weight is 358 g/mol. The fraction of sp³-hybridized carbons (Fsp3) is 0.263. The van der Waals surface area contributed by atoms with E-state index >= 15 is 0 Å². The van der Waals surface area contributed by atoms with Crippen LogP contribution in [0.4, 0.5) is 0 Å². The van der Waals surface area contributed by atoms with E-state index in [9.17, 15) is 9.59 Å². The summed E-state index contributed by atoms with van der Waals surface area (Å²) in [5, 5.41) is 5.32. The van der Waals surface area contributed by atoms with Crippen molar-refractivity contribution in [2.45, 2.75) is 6.54 Å². The van der Waals surface area contributed by atoms with Gasteiger partial charge in [-0.2, -0.15) is 0 Å². The maximum atomic E-state index is 12.2. The number of carbonyl (C=O) groups excluding carboxylic acids is 2. The second kappa shape index (κ2) is 9.31. The highest BCUT2D eigenvalue weighted by Crippen LogP contribution is 2.27. The van der Waals surface area contributed by atoms with Gasteiger partial charge in [0.1, 0.15) is 5.75 Å². The van der Waals surface area contributed by atoms with Gasteiger partial charge >= 0.3 is 0 Å². The lowest BCUT2D eigenvalue weighted by Gasteiger charge is -2.10. The number of hydrogen-bond donors (Lipinski definition) is 2.